The molecular weight excluding hydrogens is 222 g/mol. The van der Waals surface area contributed by atoms with Crippen LogP contribution in [-0.2, 0) is 0 Å². The van der Waals surface area contributed by atoms with E-state index in [1.165, 1.54) is 6.42 Å². The maximum absolute atomic E-state index is 6.05. The zero-order chi connectivity index (χ0) is 11.1. The summed E-state index contributed by atoms with van der Waals surface area (Å²) in [5.74, 6) is 1.07. The van der Waals surface area contributed by atoms with Gasteiger partial charge in [-0.15, -0.1) is 0 Å². The first-order valence-electron chi connectivity index (χ1n) is 5.60. The molecule has 1 aromatic carbocycles. The normalized spacial score (nSPS) is 20.8. The Bertz CT molecular complexity index is 526. The zero-order valence-electron chi connectivity index (χ0n) is 9.20. The second-order valence-corrected chi connectivity index (χ2v) is 4.75. The van der Waals surface area contributed by atoms with Gasteiger partial charge in [0.25, 0.3) is 0 Å². The van der Waals surface area contributed by atoms with Gasteiger partial charge in [-0.25, -0.2) is 4.98 Å². The molecule has 4 heteroatoms. The fraction of sp³-hybridized carbons (Fsp3) is 0.417. The summed E-state index contributed by atoms with van der Waals surface area (Å²) in [4.78, 5) is 4.58. The molecule has 1 aromatic heterocycles. The van der Waals surface area contributed by atoms with Crippen molar-refractivity contribution in [2.75, 3.05) is 13.1 Å². The van der Waals surface area contributed by atoms with Gasteiger partial charge in [0.2, 0.25) is 0 Å². The number of rotatable bonds is 1. The predicted molar refractivity (Wildman–Crippen MR) is 66.0 cm³/mol. The Kier molecular flexibility index (Phi) is 2.37. The van der Waals surface area contributed by atoms with Gasteiger partial charge < -0.3 is 9.88 Å². The first-order chi connectivity index (χ1) is 7.75. The van der Waals surface area contributed by atoms with Crippen molar-refractivity contribution in [3.8, 4) is 0 Å². The molecule has 1 aliphatic heterocycles. The number of hydrogen-bond acceptors (Lipinski definition) is 2. The summed E-state index contributed by atoms with van der Waals surface area (Å²) in [6.07, 6.45) is 1.17. The Labute approximate surface area is 99.4 Å². The van der Waals surface area contributed by atoms with E-state index in [-0.39, 0.29) is 0 Å². The van der Waals surface area contributed by atoms with Gasteiger partial charge in [0.05, 0.1) is 11.0 Å². The molecule has 0 radical (unpaired) electrons. The van der Waals surface area contributed by atoms with Gasteiger partial charge in [0.15, 0.2) is 0 Å². The van der Waals surface area contributed by atoms with Crippen LogP contribution in [0, 0.1) is 6.92 Å². The molecular formula is C12H14ClN3. The molecule has 1 saturated heterocycles. The Morgan fingerprint density at radius 1 is 1.50 bits per heavy atom. The number of halogens is 1. The first-order valence-corrected chi connectivity index (χ1v) is 5.98. The number of aryl methyl sites for hydroxylation is 1. The Morgan fingerprint density at radius 2 is 2.38 bits per heavy atom. The average Bonchev–Trinajstić information content (AvgIpc) is 2.83. The maximum atomic E-state index is 6.05. The van der Waals surface area contributed by atoms with Gasteiger partial charge in [-0.3, -0.25) is 0 Å². The molecule has 1 unspecified atom stereocenters. The molecule has 1 fully saturated rings. The number of benzene rings is 1. The fourth-order valence-corrected chi connectivity index (χ4v) is 2.67. The summed E-state index contributed by atoms with van der Waals surface area (Å²) < 4.78 is 2.31. The summed E-state index contributed by atoms with van der Waals surface area (Å²) in [6, 6.07) is 6.41. The molecule has 1 atom stereocenters. The van der Waals surface area contributed by atoms with E-state index in [0.29, 0.717) is 6.04 Å². The summed E-state index contributed by atoms with van der Waals surface area (Å²) in [7, 11) is 0. The van der Waals surface area contributed by atoms with Crippen molar-refractivity contribution in [1.82, 2.24) is 14.9 Å². The van der Waals surface area contributed by atoms with Gasteiger partial charge >= 0.3 is 0 Å². The van der Waals surface area contributed by atoms with Crippen LogP contribution < -0.4 is 5.32 Å². The fourth-order valence-electron chi connectivity index (χ4n) is 2.51. The van der Waals surface area contributed by atoms with Crippen LogP contribution in [-0.4, -0.2) is 22.6 Å². The van der Waals surface area contributed by atoms with Crippen LogP contribution in [0.2, 0.25) is 5.02 Å². The number of fused-ring (bicyclic) bond motifs is 1. The second-order valence-electron chi connectivity index (χ2n) is 4.31. The SMILES string of the molecule is Cc1nc2ccc(Cl)cc2n1C1CCNC1. The molecule has 2 heterocycles. The topological polar surface area (TPSA) is 29.9 Å². The van der Waals surface area contributed by atoms with E-state index in [9.17, 15) is 0 Å². The Morgan fingerprint density at radius 3 is 3.12 bits per heavy atom. The molecule has 0 bridgehead atoms. The third-order valence-corrected chi connectivity index (χ3v) is 3.46. The van der Waals surface area contributed by atoms with Crippen molar-refractivity contribution in [3.05, 3.63) is 29.0 Å². The summed E-state index contributed by atoms with van der Waals surface area (Å²) in [5.41, 5.74) is 2.19. The smallest absolute Gasteiger partial charge is 0.107 e. The van der Waals surface area contributed by atoms with Crippen molar-refractivity contribution < 1.29 is 0 Å². The minimum atomic E-state index is 0.517. The molecule has 1 aliphatic rings. The largest absolute Gasteiger partial charge is 0.324 e. The van der Waals surface area contributed by atoms with Crippen molar-refractivity contribution >= 4 is 22.6 Å². The first kappa shape index (κ1) is 10.1. The second kappa shape index (κ2) is 3.75. The summed E-state index contributed by atoms with van der Waals surface area (Å²) >= 11 is 6.05. The zero-order valence-corrected chi connectivity index (χ0v) is 9.96. The minimum absolute atomic E-state index is 0.517. The highest BCUT2D eigenvalue weighted by Crippen LogP contribution is 2.26. The average molecular weight is 236 g/mol. The number of nitrogens with zero attached hydrogens (tertiary/aromatic N) is 2. The number of imidazole rings is 1. The van der Waals surface area contributed by atoms with Crippen molar-refractivity contribution in [2.24, 2.45) is 0 Å². The van der Waals surface area contributed by atoms with Gasteiger partial charge in [-0.05, 0) is 38.1 Å². The number of nitrogens with one attached hydrogen (secondary N) is 1. The lowest BCUT2D eigenvalue weighted by molar-refractivity contribution is 0.548. The van der Waals surface area contributed by atoms with Gasteiger partial charge in [0, 0.05) is 17.6 Å². The highest BCUT2D eigenvalue weighted by molar-refractivity contribution is 6.31. The van der Waals surface area contributed by atoms with E-state index in [2.05, 4.69) is 21.8 Å². The van der Waals surface area contributed by atoms with E-state index in [1.807, 2.05) is 18.2 Å². The monoisotopic (exact) mass is 235 g/mol. The Hall–Kier alpha value is -1.06. The molecule has 3 nitrogen and oxygen atoms in total. The Balaban J connectivity index is 2.20. The van der Waals surface area contributed by atoms with Crippen LogP contribution in [0.25, 0.3) is 11.0 Å². The van der Waals surface area contributed by atoms with E-state index >= 15 is 0 Å². The summed E-state index contributed by atoms with van der Waals surface area (Å²) in [5, 5.41) is 4.16. The molecule has 16 heavy (non-hydrogen) atoms. The molecule has 3 rings (SSSR count). The highest BCUT2D eigenvalue weighted by Gasteiger charge is 2.20. The number of hydrogen-bond donors (Lipinski definition) is 1. The lowest BCUT2D eigenvalue weighted by Crippen LogP contribution is -2.14. The van der Waals surface area contributed by atoms with E-state index in [4.69, 9.17) is 11.6 Å². The molecule has 0 amide bonds. The molecule has 0 saturated carbocycles. The minimum Gasteiger partial charge on any atom is -0.324 e. The standard InChI is InChI=1S/C12H14ClN3/c1-8-15-11-3-2-9(13)6-12(11)16(8)10-4-5-14-7-10/h2-3,6,10,14H,4-5,7H2,1H3. The highest BCUT2D eigenvalue weighted by atomic mass is 35.5. The van der Waals surface area contributed by atoms with Crippen molar-refractivity contribution in [2.45, 2.75) is 19.4 Å². The molecule has 2 aromatic rings. The van der Waals surface area contributed by atoms with Crippen LogP contribution in [0.3, 0.4) is 0 Å². The summed E-state index contributed by atoms with van der Waals surface area (Å²) in [6.45, 7) is 4.18. The van der Waals surface area contributed by atoms with Gasteiger partial charge in [-0.1, -0.05) is 11.6 Å². The van der Waals surface area contributed by atoms with Crippen LogP contribution in [0.1, 0.15) is 18.3 Å². The van der Waals surface area contributed by atoms with Gasteiger partial charge in [0.1, 0.15) is 5.82 Å². The lowest BCUT2D eigenvalue weighted by atomic mass is 10.2. The van der Waals surface area contributed by atoms with Crippen molar-refractivity contribution in [3.63, 3.8) is 0 Å². The lowest BCUT2D eigenvalue weighted by Gasteiger charge is -2.13. The quantitative estimate of drug-likeness (QED) is 0.823. The molecule has 0 spiro atoms. The third-order valence-electron chi connectivity index (χ3n) is 3.23. The number of aromatic nitrogens is 2. The van der Waals surface area contributed by atoms with E-state index < -0.39 is 0 Å². The van der Waals surface area contributed by atoms with E-state index in [1.54, 1.807) is 0 Å². The van der Waals surface area contributed by atoms with E-state index in [0.717, 1.165) is 35.0 Å². The molecule has 84 valence electrons. The van der Waals surface area contributed by atoms with Crippen LogP contribution in [0.15, 0.2) is 18.2 Å². The molecule has 1 N–H and O–H groups in total. The third kappa shape index (κ3) is 1.51. The predicted octanol–water partition coefficient (Wildman–Crippen LogP) is 2.53. The van der Waals surface area contributed by atoms with Crippen LogP contribution in [0.5, 0.6) is 0 Å². The molecule has 0 aliphatic carbocycles. The van der Waals surface area contributed by atoms with Crippen molar-refractivity contribution in [1.29, 1.82) is 0 Å². The maximum Gasteiger partial charge on any atom is 0.107 e. The van der Waals surface area contributed by atoms with Gasteiger partial charge in [-0.2, -0.15) is 0 Å². The van der Waals surface area contributed by atoms with Crippen LogP contribution >= 0.6 is 11.6 Å². The van der Waals surface area contributed by atoms with Crippen LogP contribution in [0.4, 0.5) is 0 Å².